The number of aliphatic hydroxyl groups excluding tert-OH is 2. The summed E-state index contributed by atoms with van der Waals surface area (Å²) in [5.74, 6) is -1.16. The maximum absolute atomic E-state index is 12.1. The molecule has 20 heteroatoms. The Bertz CT molecular complexity index is 881. The monoisotopic (exact) mass is 497 g/mol. The molecule has 30 heavy (non-hydrogen) atoms. The molecule has 0 aliphatic carbocycles. The van der Waals surface area contributed by atoms with Crippen molar-refractivity contribution in [2.75, 3.05) is 6.61 Å². The van der Waals surface area contributed by atoms with E-state index in [1.165, 1.54) is 0 Å². The number of phosphoric ester groups is 1. The van der Waals surface area contributed by atoms with Crippen LogP contribution in [0.25, 0.3) is 0 Å². The van der Waals surface area contributed by atoms with Gasteiger partial charge in [-0.05, 0) is 0 Å². The van der Waals surface area contributed by atoms with Crippen LogP contribution < -0.4 is 115 Å². The van der Waals surface area contributed by atoms with Gasteiger partial charge in [0, 0.05) is 12.4 Å². The molecule has 5 atom stereocenters. The SMILES string of the molecule is NC(=O)c1nccn([C@@H]2O[C@H](COP(=O)([O-])OP(=O)([O-])[O-])[C@@H](O)[C@H]2O)c1=O.[Na+].[Na+].[Na+]. The predicted octanol–water partition coefficient (Wildman–Crippen LogP) is -13.7. The number of aromatic nitrogens is 2. The van der Waals surface area contributed by atoms with E-state index in [2.05, 4.69) is 13.8 Å². The van der Waals surface area contributed by atoms with Crippen molar-refractivity contribution in [3.05, 3.63) is 28.4 Å². The average molecular weight is 497 g/mol. The summed E-state index contributed by atoms with van der Waals surface area (Å²) >= 11 is 0. The van der Waals surface area contributed by atoms with Crippen LogP contribution in [0.1, 0.15) is 16.7 Å². The average Bonchev–Trinajstić information content (AvgIpc) is 2.79. The van der Waals surface area contributed by atoms with Gasteiger partial charge in [-0.1, -0.05) is 0 Å². The topological polar surface area (TPSA) is 249 Å². The number of amides is 1. The number of nitrogens with two attached hydrogens (primary N) is 1. The van der Waals surface area contributed by atoms with E-state index in [4.69, 9.17) is 10.5 Å². The van der Waals surface area contributed by atoms with Gasteiger partial charge in [0.05, 0.1) is 14.4 Å². The van der Waals surface area contributed by atoms with E-state index < -0.39 is 64.0 Å². The second-order valence-electron chi connectivity index (χ2n) is 5.17. The summed E-state index contributed by atoms with van der Waals surface area (Å²) in [5, 5.41) is 19.9. The number of phosphoric acid groups is 2. The smallest absolute Gasteiger partial charge is 0.790 e. The van der Waals surface area contributed by atoms with Crippen molar-refractivity contribution < 1.29 is 141 Å². The molecule has 1 amide bonds. The van der Waals surface area contributed by atoms with E-state index in [9.17, 15) is 43.6 Å². The summed E-state index contributed by atoms with van der Waals surface area (Å²) in [6.07, 6.45) is -4.74. The molecule has 4 N–H and O–H groups in total. The van der Waals surface area contributed by atoms with Crippen LogP contribution in [0.2, 0.25) is 0 Å². The number of aliphatic hydroxyl groups is 2. The van der Waals surface area contributed by atoms with Crippen LogP contribution in [0.3, 0.4) is 0 Å². The Morgan fingerprint density at radius 2 is 1.80 bits per heavy atom. The molecule has 1 unspecified atom stereocenters. The zero-order chi connectivity index (χ0) is 20.6. The van der Waals surface area contributed by atoms with E-state index in [0.29, 0.717) is 4.57 Å². The predicted molar refractivity (Wildman–Crippen MR) is 75.2 cm³/mol. The maximum atomic E-state index is 12.1. The van der Waals surface area contributed by atoms with Crippen molar-refractivity contribution in [3.63, 3.8) is 0 Å². The first-order chi connectivity index (χ1) is 12.3. The number of hydrogen-bond acceptors (Lipinski definition) is 13. The Labute approximate surface area is 235 Å². The van der Waals surface area contributed by atoms with E-state index in [1.807, 2.05) is 0 Å². The van der Waals surface area contributed by atoms with E-state index in [0.717, 1.165) is 12.4 Å². The fourth-order valence-corrected chi connectivity index (χ4v) is 3.70. The molecule has 2 rings (SSSR count). The molecule has 1 aromatic heterocycles. The van der Waals surface area contributed by atoms with Gasteiger partial charge in [-0.3, -0.25) is 23.0 Å². The van der Waals surface area contributed by atoms with Crippen LogP contribution in [0.15, 0.2) is 17.2 Å². The third-order valence-electron chi connectivity index (χ3n) is 3.31. The van der Waals surface area contributed by atoms with Gasteiger partial charge in [-0.25, -0.2) is 4.98 Å². The summed E-state index contributed by atoms with van der Waals surface area (Å²) in [7, 11) is -11.5. The van der Waals surface area contributed by atoms with Crippen molar-refractivity contribution in [1.29, 1.82) is 0 Å². The first-order valence-corrected chi connectivity index (χ1v) is 9.82. The number of rotatable bonds is 7. The van der Waals surface area contributed by atoms with Gasteiger partial charge in [0.2, 0.25) is 0 Å². The van der Waals surface area contributed by atoms with Crippen LogP contribution in [0.4, 0.5) is 0 Å². The molecule has 2 heterocycles. The molecule has 1 aliphatic heterocycles. The molecule has 152 valence electrons. The molecule has 1 fully saturated rings. The van der Waals surface area contributed by atoms with Crippen molar-refractivity contribution in [2.45, 2.75) is 24.5 Å². The van der Waals surface area contributed by atoms with Crippen molar-refractivity contribution >= 4 is 21.6 Å². The number of hydrogen-bond donors (Lipinski definition) is 3. The van der Waals surface area contributed by atoms with E-state index in [1.54, 1.807) is 0 Å². The van der Waals surface area contributed by atoms with Gasteiger partial charge in [0.25, 0.3) is 19.3 Å². The first kappa shape index (κ1) is 33.7. The fourth-order valence-electron chi connectivity index (χ4n) is 2.20. The minimum Gasteiger partial charge on any atom is -0.790 e. The summed E-state index contributed by atoms with van der Waals surface area (Å²) < 4.78 is 34.7. The zero-order valence-corrected chi connectivity index (χ0v) is 23.8. The quantitative estimate of drug-likeness (QED) is 0.234. The standard InChI is InChI=1S/C10H15N3O12P2.3Na/c11-8(16)5-9(17)13(2-1-12-5)10-7(15)6(14)4(24-10)3-23-27(21,22)25-26(18,19)20;;;/h1-2,4,6-7,10,14-15H,3H2,(H2,11,16)(H,21,22)(H2,18,19,20);;;/q;3*+1/p-3/t4-,6-,7-,10-;;;/m1.../s1. The fraction of sp³-hybridized carbons (Fsp3) is 0.500. The van der Waals surface area contributed by atoms with Gasteiger partial charge in [-0.2, -0.15) is 0 Å². The molecular formula is C10H12N3Na3O12P2. The number of primary amides is 1. The Morgan fingerprint density at radius 1 is 1.23 bits per heavy atom. The van der Waals surface area contributed by atoms with E-state index in [-0.39, 0.29) is 88.7 Å². The van der Waals surface area contributed by atoms with Crippen LogP contribution in [0.5, 0.6) is 0 Å². The van der Waals surface area contributed by atoms with Gasteiger partial charge in [-0.15, -0.1) is 0 Å². The Morgan fingerprint density at radius 3 is 2.30 bits per heavy atom. The zero-order valence-electron chi connectivity index (χ0n) is 16.0. The number of carbonyl (C=O) groups is 1. The summed E-state index contributed by atoms with van der Waals surface area (Å²) in [5.41, 5.74) is 3.24. The largest absolute Gasteiger partial charge is 1.00 e. The Hall–Kier alpha value is 1.49. The van der Waals surface area contributed by atoms with Gasteiger partial charge in [0.1, 0.15) is 18.3 Å². The van der Waals surface area contributed by atoms with Crippen LogP contribution in [-0.4, -0.2) is 50.6 Å². The number of carbonyl (C=O) groups excluding carboxylic acids is 1. The number of ether oxygens (including phenoxy) is 1. The van der Waals surface area contributed by atoms with Crippen LogP contribution in [0, 0.1) is 0 Å². The van der Waals surface area contributed by atoms with Crippen LogP contribution in [-0.2, 0) is 22.7 Å². The van der Waals surface area contributed by atoms with Gasteiger partial charge in [0.15, 0.2) is 11.9 Å². The maximum Gasteiger partial charge on any atom is 1.00 e. The first-order valence-electron chi connectivity index (χ1n) is 6.90. The molecule has 0 spiro atoms. The molecule has 0 aromatic carbocycles. The molecule has 1 aromatic rings. The molecule has 1 saturated heterocycles. The summed E-state index contributed by atoms with van der Waals surface area (Å²) in [6, 6.07) is 0. The Kier molecular flexibility index (Phi) is 15.0. The third-order valence-corrected chi connectivity index (χ3v) is 5.37. The van der Waals surface area contributed by atoms with E-state index >= 15 is 0 Å². The third kappa shape index (κ3) is 9.03. The summed E-state index contributed by atoms with van der Waals surface area (Å²) in [6.45, 7) is -1.06. The molecule has 0 saturated carbocycles. The van der Waals surface area contributed by atoms with Crippen molar-refractivity contribution in [3.8, 4) is 0 Å². The molecule has 1 aliphatic rings. The van der Waals surface area contributed by atoms with Gasteiger partial charge >= 0.3 is 88.7 Å². The normalized spacial score (nSPS) is 25.2. The molecule has 0 bridgehead atoms. The minimum atomic E-state index is -5.91. The van der Waals surface area contributed by atoms with Crippen molar-refractivity contribution in [2.24, 2.45) is 5.73 Å². The van der Waals surface area contributed by atoms with Gasteiger partial charge < -0.3 is 44.5 Å². The minimum absolute atomic E-state index is 0. The second-order valence-corrected chi connectivity index (χ2v) is 7.87. The Balaban J connectivity index is 0. The summed E-state index contributed by atoms with van der Waals surface area (Å²) in [4.78, 5) is 58.6. The molecule has 0 radical (unpaired) electrons. The van der Waals surface area contributed by atoms with Crippen LogP contribution >= 0.6 is 15.6 Å². The second kappa shape index (κ2) is 13.4. The molecular weight excluding hydrogens is 485 g/mol. The molecule has 15 nitrogen and oxygen atoms in total. The number of nitrogens with zero attached hydrogens (tertiary/aromatic N) is 2. The van der Waals surface area contributed by atoms with Crippen molar-refractivity contribution in [1.82, 2.24) is 9.55 Å².